The van der Waals surface area contributed by atoms with Gasteiger partial charge in [0.15, 0.2) is 0 Å². The predicted molar refractivity (Wildman–Crippen MR) is 110 cm³/mol. The number of ether oxygens (including phenoxy) is 1. The van der Waals surface area contributed by atoms with E-state index in [0.29, 0.717) is 23.1 Å². The van der Waals surface area contributed by atoms with E-state index in [2.05, 4.69) is 12.2 Å². The minimum Gasteiger partial charge on any atom is -0.462 e. The van der Waals surface area contributed by atoms with Crippen LogP contribution in [0.25, 0.3) is 6.08 Å². The summed E-state index contributed by atoms with van der Waals surface area (Å²) >= 11 is 1.52. The monoisotopic (exact) mass is 383 g/mol. The second-order valence-corrected chi connectivity index (χ2v) is 7.78. The zero-order valence-corrected chi connectivity index (χ0v) is 16.6. The Kier molecular flexibility index (Phi) is 6.45. The van der Waals surface area contributed by atoms with Gasteiger partial charge in [-0.15, -0.1) is 11.3 Å². The lowest BCUT2D eigenvalue weighted by Crippen LogP contribution is -2.16. The van der Waals surface area contributed by atoms with Crippen LogP contribution in [0.2, 0.25) is 0 Å². The van der Waals surface area contributed by atoms with Crippen molar-refractivity contribution < 1.29 is 14.3 Å². The van der Waals surface area contributed by atoms with Crippen molar-refractivity contribution in [3.8, 4) is 0 Å². The normalized spacial score (nSPS) is 16.1. The number of amides is 1. The van der Waals surface area contributed by atoms with Crippen molar-refractivity contribution in [2.24, 2.45) is 5.92 Å². The number of carbonyl (C=O) groups is 2. The maximum absolute atomic E-state index is 12.5. The number of thiophene rings is 1. The molecule has 1 aromatic carbocycles. The van der Waals surface area contributed by atoms with Gasteiger partial charge in [0.2, 0.25) is 5.91 Å². The Morgan fingerprint density at radius 1 is 1.26 bits per heavy atom. The van der Waals surface area contributed by atoms with E-state index in [-0.39, 0.29) is 11.9 Å². The summed E-state index contributed by atoms with van der Waals surface area (Å²) in [6.45, 7) is 4.32. The molecule has 1 aromatic heterocycles. The SMILES string of the molecule is CCOC(=O)c1c(NC(=O)/C=C\c2ccccc2)sc2c1CC[C@@H](CC)C2. The summed E-state index contributed by atoms with van der Waals surface area (Å²) in [5.74, 6) is 0.0649. The van der Waals surface area contributed by atoms with Crippen LogP contribution < -0.4 is 5.32 Å². The number of carbonyl (C=O) groups excluding carboxylic acids is 2. The number of benzene rings is 1. The Morgan fingerprint density at radius 3 is 2.74 bits per heavy atom. The summed E-state index contributed by atoms with van der Waals surface area (Å²) in [6.07, 6.45) is 7.31. The summed E-state index contributed by atoms with van der Waals surface area (Å²) < 4.78 is 5.26. The van der Waals surface area contributed by atoms with Crippen LogP contribution >= 0.6 is 11.3 Å². The molecule has 0 fully saturated rings. The molecular formula is C22H25NO3S. The van der Waals surface area contributed by atoms with Crippen molar-refractivity contribution in [3.05, 3.63) is 58.0 Å². The molecule has 0 saturated heterocycles. The minimum atomic E-state index is -0.340. The Hall–Kier alpha value is -2.40. The van der Waals surface area contributed by atoms with Gasteiger partial charge in [-0.3, -0.25) is 4.79 Å². The van der Waals surface area contributed by atoms with Crippen LogP contribution in [0.5, 0.6) is 0 Å². The minimum absolute atomic E-state index is 0.241. The van der Waals surface area contributed by atoms with Gasteiger partial charge in [-0.2, -0.15) is 0 Å². The first-order valence-electron chi connectivity index (χ1n) is 9.48. The van der Waals surface area contributed by atoms with Crippen molar-refractivity contribution in [1.82, 2.24) is 0 Å². The highest BCUT2D eigenvalue weighted by Crippen LogP contribution is 2.40. The molecule has 0 aliphatic heterocycles. The first-order chi connectivity index (χ1) is 13.1. The van der Waals surface area contributed by atoms with Crippen molar-refractivity contribution in [2.45, 2.75) is 39.5 Å². The van der Waals surface area contributed by atoms with Crippen LogP contribution in [-0.2, 0) is 22.4 Å². The number of esters is 1. The van der Waals surface area contributed by atoms with Crippen molar-refractivity contribution in [1.29, 1.82) is 0 Å². The molecule has 0 unspecified atom stereocenters. The molecule has 5 heteroatoms. The van der Waals surface area contributed by atoms with E-state index in [1.807, 2.05) is 30.3 Å². The number of rotatable bonds is 6. The first kappa shape index (κ1) is 19.4. The molecule has 1 aliphatic carbocycles. The fraction of sp³-hybridized carbons (Fsp3) is 0.364. The summed E-state index contributed by atoms with van der Waals surface area (Å²) in [5.41, 5.74) is 2.56. The molecule has 1 amide bonds. The lowest BCUT2D eigenvalue weighted by Gasteiger charge is -2.20. The molecule has 0 spiro atoms. The second-order valence-electron chi connectivity index (χ2n) is 6.68. The molecule has 0 radical (unpaired) electrons. The largest absolute Gasteiger partial charge is 0.462 e. The Morgan fingerprint density at radius 2 is 2.04 bits per heavy atom. The van der Waals surface area contributed by atoms with Crippen molar-refractivity contribution in [3.63, 3.8) is 0 Å². The van der Waals surface area contributed by atoms with Gasteiger partial charge in [-0.05, 0) is 49.3 Å². The van der Waals surface area contributed by atoms with E-state index in [9.17, 15) is 9.59 Å². The molecule has 1 atom stereocenters. The van der Waals surface area contributed by atoms with Gasteiger partial charge < -0.3 is 10.1 Å². The molecule has 1 aliphatic rings. The molecule has 1 heterocycles. The highest BCUT2D eigenvalue weighted by molar-refractivity contribution is 7.17. The fourth-order valence-corrected chi connectivity index (χ4v) is 4.75. The standard InChI is InChI=1S/C22H25NO3S/c1-3-15-10-12-17-18(14-15)27-21(20(17)22(25)26-4-2)23-19(24)13-11-16-8-6-5-7-9-16/h5-9,11,13,15H,3-4,10,12,14H2,1-2H3,(H,23,24)/b13-11-/t15-/m1/s1. The molecule has 142 valence electrons. The van der Waals surface area contributed by atoms with Gasteiger partial charge in [0.25, 0.3) is 0 Å². The Bertz CT molecular complexity index is 839. The van der Waals surface area contributed by atoms with Crippen molar-refractivity contribution in [2.75, 3.05) is 11.9 Å². The van der Waals surface area contributed by atoms with Crippen LogP contribution in [0.4, 0.5) is 5.00 Å². The zero-order valence-electron chi connectivity index (χ0n) is 15.8. The van der Waals surface area contributed by atoms with Crippen LogP contribution in [0.15, 0.2) is 36.4 Å². The van der Waals surface area contributed by atoms with Crippen molar-refractivity contribution >= 4 is 34.3 Å². The molecule has 0 saturated carbocycles. The highest BCUT2D eigenvalue weighted by Gasteiger charge is 2.29. The summed E-state index contributed by atoms with van der Waals surface area (Å²) in [7, 11) is 0. The topological polar surface area (TPSA) is 55.4 Å². The Labute approximate surface area is 164 Å². The summed E-state index contributed by atoms with van der Waals surface area (Å²) in [4.78, 5) is 26.1. The summed E-state index contributed by atoms with van der Waals surface area (Å²) in [5, 5.41) is 3.51. The highest BCUT2D eigenvalue weighted by atomic mass is 32.1. The number of hydrogen-bond donors (Lipinski definition) is 1. The maximum atomic E-state index is 12.5. The Balaban J connectivity index is 1.83. The van der Waals surface area contributed by atoms with Crippen LogP contribution in [0.3, 0.4) is 0 Å². The number of fused-ring (bicyclic) bond motifs is 1. The number of hydrogen-bond acceptors (Lipinski definition) is 4. The second kappa shape index (κ2) is 9.00. The van der Waals surface area contributed by atoms with Gasteiger partial charge >= 0.3 is 5.97 Å². The van der Waals surface area contributed by atoms with E-state index in [1.165, 1.54) is 22.3 Å². The summed E-state index contributed by atoms with van der Waals surface area (Å²) in [6, 6.07) is 9.65. The number of nitrogens with one attached hydrogen (secondary N) is 1. The van der Waals surface area contributed by atoms with E-state index < -0.39 is 0 Å². The first-order valence-corrected chi connectivity index (χ1v) is 10.3. The van der Waals surface area contributed by atoms with Crippen LogP contribution in [0.1, 0.15) is 53.1 Å². The van der Waals surface area contributed by atoms with Crippen LogP contribution in [-0.4, -0.2) is 18.5 Å². The zero-order chi connectivity index (χ0) is 19.2. The fourth-order valence-electron chi connectivity index (χ4n) is 3.40. The third-order valence-corrected chi connectivity index (χ3v) is 6.06. The smallest absolute Gasteiger partial charge is 0.341 e. The lowest BCUT2D eigenvalue weighted by atomic mass is 9.85. The average molecular weight is 384 g/mol. The van der Waals surface area contributed by atoms with E-state index in [0.717, 1.165) is 36.8 Å². The molecule has 3 rings (SSSR count). The third kappa shape index (κ3) is 4.66. The molecule has 0 bridgehead atoms. The van der Waals surface area contributed by atoms with Gasteiger partial charge in [0.05, 0.1) is 12.2 Å². The molecule has 4 nitrogen and oxygen atoms in total. The van der Waals surface area contributed by atoms with Gasteiger partial charge in [0.1, 0.15) is 5.00 Å². The molecular weight excluding hydrogens is 358 g/mol. The predicted octanol–water partition coefficient (Wildman–Crippen LogP) is 5.09. The van der Waals surface area contributed by atoms with E-state index >= 15 is 0 Å². The quantitative estimate of drug-likeness (QED) is 0.558. The van der Waals surface area contributed by atoms with Gasteiger partial charge in [-0.25, -0.2) is 4.79 Å². The molecule has 27 heavy (non-hydrogen) atoms. The van der Waals surface area contributed by atoms with E-state index in [1.54, 1.807) is 13.0 Å². The van der Waals surface area contributed by atoms with Gasteiger partial charge in [0, 0.05) is 11.0 Å². The van der Waals surface area contributed by atoms with Crippen LogP contribution in [0, 0.1) is 5.92 Å². The van der Waals surface area contributed by atoms with Gasteiger partial charge in [-0.1, -0.05) is 43.7 Å². The van der Waals surface area contributed by atoms with E-state index in [4.69, 9.17) is 4.74 Å². The third-order valence-electron chi connectivity index (χ3n) is 4.89. The lowest BCUT2D eigenvalue weighted by molar-refractivity contribution is -0.111. The maximum Gasteiger partial charge on any atom is 0.341 e. The molecule has 1 N–H and O–H groups in total. The average Bonchev–Trinajstić information content (AvgIpc) is 3.04. The molecule has 2 aromatic rings. The number of anilines is 1.